The first-order valence-corrected chi connectivity index (χ1v) is 9.93. The zero-order chi connectivity index (χ0) is 21.5. The molecule has 3 N–H and O–H groups in total. The third-order valence-corrected chi connectivity index (χ3v) is 4.68. The largest absolute Gasteiger partial charge is 0.457 e. The molecule has 30 heavy (non-hydrogen) atoms. The Labute approximate surface area is 177 Å². The number of aromatic nitrogens is 1. The molecule has 2 aromatic carbocycles. The first-order chi connectivity index (χ1) is 14.5. The number of nitrogens with zero attached hydrogens (tertiary/aromatic N) is 1. The van der Waals surface area contributed by atoms with Gasteiger partial charge in [-0.05, 0) is 66.9 Å². The standard InChI is InChI=1S/C24H27N3O3/c1-4-5-17-6-10-19(11-7-17)30-20-12-8-18(9-13-20)26-24(28)21-14-16(2)22(15-29-3)27-23(21)25/h6-14H,4-5,15H2,1-3H3,(H2,25,27)(H,26,28). The molecule has 0 saturated carbocycles. The van der Waals surface area contributed by atoms with Crippen LogP contribution in [0.15, 0.2) is 54.6 Å². The topological polar surface area (TPSA) is 86.5 Å². The second-order valence-electron chi connectivity index (χ2n) is 7.09. The van der Waals surface area contributed by atoms with Crippen molar-refractivity contribution in [3.05, 3.63) is 77.0 Å². The highest BCUT2D eigenvalue weighted by Crippen LogP contribution is 2.24. The van der Waals surface area contributed by atoms with Gasteiger partial charge in [0, 0.05) is 12.8 Å². The number of nitrogen functional groups attached to an aromatic ring is 1. The Morgan fingerprint density at radius 3 is 2.30 bits per heavy atom. The highest BCUT2D eigenvalue weighted by molar-refractivity contribution is 6.07. The van der Waals surface area contributed by atoms with Gasteiger partial charge in [-0.25, -0.2) is 4.98 Å². The molecule has 156 valence electrons. The summed E-state index contributed by atoms with van der Waals surface area (Å²) in [4.78, 5) is 16.9. The zero-order valence-electron chi connectivity index (χ0n) is 17.6. The molecule has 0 spiro atoms. The van der Waals surface area contributed by atoms with Crippen LogP contribution in [0.1, 0.15) is 40.5 Å². The summed E-state index contributed by atoms with van der Waals surface area (Å²) in [5.41, 5.74) is 9.81. The summed E-state index contributed by atoms with van der Waals surface area (Å²) in [6.07, 6.45) is 2.18. The molecule has 0 bridgehead atoms. The highest BCUT2D eigenvalue weighted by atomic mass is 16.5. The molecule has 0 saturated heterocycles. The number of carbonyl (C=O) groups is 1. The number of hydrogen-bond donors (Lipinski definition) is 2. The van der Waals surface area contributed by atoms with Crippen molar-refractivity contribution in [1.29, 1.82) is 0 Å². The molecule has 0 aliphatic carbocycles. The van der Waals surface area contributed by atoms with E-state index in [1.165, 1.54) is 5.56 Å². The van der Waals surface area contributed by atoms with E-state index < -0.39 is 0 Å². The second kappa shape index (κ2) is 9.89. The maximum Gasteiger partial charge on any atom is 0.259 e. The van der Waals surface area contributed by atoms with Crippen molar-refractivity contribution in [3.63, 3.8) is 0 Å². The van der Waals surface area contributed by atoms with E-state index in [9.17, 15) is 4.79 Å². The fourth-order valence-corrected chi connectivity index (χ4v) is 3.09. The number of carbonyl (C=O) groups excluding carboxylic acids is 1. The lowest BCUT2D eigenvalue weighted by molar-refractivity contribution is 0.102. The Kier molecular flexibility index (Phi) is 7.03. The molecule has 1 heterocycles. The van der Waals surface area contributed by atoms with Crippen molar-refractivity contribution < 1.29 is 14.3 Å². The van der Waals surface area contributed by atoms with Crippen molar-refractivity contribution in [2.45, 2.75) is 33.3 Å². The summed E-state index contributed by atoms with van der Waals surface area (Å²) in [6, 6.07) is 17.0. The number of ether oxygens (including phenoxy) is 2. The van der Waals surface area contributed by atoms with Crippen molar-refractivity contribution in [1.82, 2.24) is 4.98 Å². The summed E-state index contributed by atoms with van der Waals surface area (Å²) in [5, 5.41) is 2.84. The average Bonchev–Trinajstić information content (AvgIpc) is 2.73. The van der Waals surface area contributed by atoms with Gasteiger partial charge in [-0.3, -0.25) is 4.79 Å². The first-order valence-electron chi connectivity index (χ1n) is 9.93. The summed E-state index contributed by atoms with van der Waals surface area (Å²) < 4.78 is 11.0. The lowest BCUT2D eigenvalue weighted by atomic mass is 10.1. The Balaban J connectivity index is 1.65. The van der Waals surface area contributed by atoms with Crippen LogP contribution in [0, 0.1) is 6.92 Å². The highest BCUT2D eigenvalue weighted by Gasteiger charge is 2.14. The molecule has 0 radical (unpaired) electrons. The van der Waals surface area contributed by atoms with Crippen LogP contribution in [0.2, 0.25) is 0 Å². The minimum atomic E-state index is -0.313. The fraction of sp³-hybridized carbons (Fsp3) is 0.250. The summed E-state index contributed by atoms with van der Waals surface area (Å²) in [7, 11) is 1.59. The first kappa shape index (κ1) is 21.3. The normalized spacial score (nSPS) is 10.6. The smallest absolute Gasteiger partial charge is 0.259 e. The quantitative estimate of drug-likeness (QED) is 0.543. The maximum absolute atomic E-state index is 12.6. The van der Waals surface area contributed by atoms with Crippen molar-refractivity contribution >= 4 is 17.4 Å². The molecule has 0 unspecified atom stereocenters. The van der Waals surface area contributed by atoms with E-state index in [4.69, 9.17) is 15.2 Å². The second-order valence-corrected chi connectivity index (χ2v) is 7.09. The molecule has 3 aromatic rings. The molecule has 0 aliphatic heterocycles. The Bertz CT molecular complexity index is 999. The van der Waals surface area contributed by atoms with Crippen LogP contribution in [0.25, 0.3) is 0 Å². The molecule has 3 rings (SSSR count). The summed E-state index contributed by atoms with van der Waals surface area (Å²) in [6.45, 7) is 4.38. The summed E-state index contributed by atoms with van der Waals surface area (Å²) in [5.74, 6) is 1.33. The number of anilines is 2. The van der Waals surface area contributed by atoms with Crippen LogP contribution in [0.5, 0.6) is 11.5 Å². The number of aryl methyl sites for hydroxylation is 2. The van der Waals surface area contributed by atoms with Gasteiger partial charge in [0.15, 0.2) is 0 Å². The molecule has 0 aliphatic rings. The molecule has 6 heteroatoms. The number of pyridine rings is 1. The monoisotopic (exact) mass is 405 g/mol. The summed E-state index contributed by atoms with van der Waals surface area (Å²) >= 11 is 0. The fourth-order valence-electron chi connectivity index (χ4n) is 3.09. The van der Waals surface area contributed by atoms with E-state index in [-0.39, 0.29) is 11.7 Å². The molecular formula is C24H27N3O3. The number of amides is 1. The Morgan fingerprint density at radius 2 is 1.70 bits per heavy atom. The van der Waals surface area contributed by atoms with Crippen LogP contribution >= 0.6 is 0 Å². The number of hydrogen-bond acceptors (Lipinski definition) is 5. The van der Waals surface area contributed by atoms with E-state index in [2.05, 4.69) is 29.4 Å². The third kappa shape index (κ3) is 5.36. The van der Waals surface area contributed by atoms with Gasteiger partial charge in [0.1, 0.15) is 17.3 Å². The lowest BCUT2D eigenvalue weighted by Gasteiger charge is -2.12. The minimum Gasteiger partial charge on any atom is -0.457 e. The van der Waals surface area contributed by atoms with Crippen LogP contribution in [0.3, 0.4) is 0 Å². The number of methoxy groups -OCH3 is 1. The zero-order valence-corrected chi connectivity index (χ0v) is 17.6. The van der Waals surface area contributed by atoms with Crippen LogP contribution in [-0.4, -0.2) is 18.0 Å². The van der Waals surface area contributed by atoms with Gasteiger partial charge in [0.25, 0.3) is 5.91 Å². The third-order valence-electron chi connectivity index (χ3n) is 4.68. The van der Waals surface area contributed by atoms with Gasteiger partial charge < -0.3 is 20.5 Å². The Morgan fingerprint density at radius 1 is 1.07 bits per heavy atom. The molecule has 0 atom stereocenters. The number of rotatable bonds is 8. The van der Waals surface area contributed by atoms with E-state index >= 15 is 0 Å². The SMILES string of the molecule is CCCc1ccc(Oc2ccc(NC(=O)c3cc(C)c(COC)nc3N)cc2)cc1. The Hall–Kier alpha value is -3.38. The predicted octanol–water partition coefficient (Wildman–Crippen LogP) is 5.12. The molecule has 0 fully saturated rings. The van der Waals surface area contributed by atoms with E-state index in [1.54, 1.807) is 25.3 Å². The molecule has 1 aromatic heterocycles. The van der Waals surface area contributed by atoms with Crippen molar-refractivity contribution in [3.8, 4) is 11.5 Å². The van der Waals surface area contributed by atoms with Gasteiger partial charge in [-0.2, -0.15) is 0 Å². The van der Waals surface area contributed by atoms with E-state index in [1.807, 2.05) is 31.2 Å². The predicted molar refractivity (Wildman–Crippen MR) is 119 cm³/mol. The molecular weight excluding hydrogens is 378 g/mol. The average molecular weight is 405 g/mol. The van der Waals surface area contributed by atoms with E-state index in [0.29, 0.717) is 23.6 Å². The van der Waals surface area contributed by atoms with E-state index in [0.717, 1.165) is 29.8 Å². The van der Waals surface area contributed by atoms with Crippen molar-refractivity contribution in [2.75, 3.05) is 18.2 Å². The minimum absolute atomic E-state index is 0.177. The van der Waals surface area contributed by atoms with Gasteiger partial charge in [0.2, 0.25) is 0 Å². The molecule has 6 nitrogen and oxygen atoms in total. The van der Waals surface area contributed by atoms with Gasteiger partial charge in [0.05, 0.1) is 17.9 Å². The van der Waals surface area contributed by atoms with Gasteiger partial charge in [-0.15, -0.1) is 0 Å². The van der Waals surface area contributed by atoms with Gasteiger partial charge >= 0.3 is 0 Å². The van der Waals surface area contributed by atoms with Crippen LogP contribution < -0.4 is 15.8 Å². The maximum atomic E-state index is 12.6. The van der Waals surface area contributed by atoms with Crippen LogP contribution in [-0.2, 0) is 17.8 Å². The number of nitrogens with two attached hydrogens (primary N) is 1. The molecule has 1 amide bonds. The lowest BCUT2D eigenvalue weighted by Crippen LogP contribution is -2.16. The van der Waals surface area contributed by atoms with Gasteiger partial charge in [-0.1, -0.05) is 25.5 Å². The van der Waals surface area contributed by atoms with Crippen LogP contribution in [0.4, 0.5) is 11.5 Å². The number of nitrogens with one attached hydrogen (secondary N) is 1. The van der Waals surface area contributed by atoms with Crippen molar-refractivity contribution in [2.24, 2.45) is 0 Å². The number of benzene rings is 2.